The lowest BCUT2D eigenvalue weighted by Gasteiger charge is -2.27. The maximum atomic E-state index is 3.62. The standard InChI is InChI=1S/C12H15Br2N/c13-11-5-4-6-12(14)10(11)9-15-7-2-1-3-8-15/h4-6H,1-3,7-9H2. The summed E-state index contributed by atoms with van der Waals surface area (Å²) in [5.41, 5.74) is 1.37. The lowest BCUT2D eigenvalue weighted by atomic mass is 10.1. The molecule has 0 amide bonds. The Kier molecular flexibility index (Phi) is 4.23. The molecule has 1 aliphatic heterocycles. The second kappa shape index (κ2) is 5.46. The van der Waals surface area contributed by atoms with E-state index in [-0.39, 0.29) is 0 Å². The topological polar surface area (TPSA) is 3.24 Å². The Morgan fingerprint density at radius 2 is 1.60 bits per heavy atom. The highest BCUT2D eigenvalue weighted by Gasteiger charge is 2.13. The van der Waals surface area contributed by atoms with Gasteiger partial charge in [0.25, 0.3) is 0 Å². The second-order valence-electron chi connectivity index (χ2n) is 4.04. The van der Waals surface area contributed by atoms with Crippen LogP contribution in [0, 0.1) is 0 Å². The molecule has 1 saturated heterocycles. The lowest BCUT2D eigenvalue weighted by Crippen LogP contribution is -2.29. The van der Waals surface area contributed by atoms with Crippen LogP contribution in [0.5, 0.6) is 0 Å². The number of hydrogen-bond acceptors (Lipinski definition) is 1. The quantitative estimate of drug-likeness (QED) is 0.784. The normalized spacial score (nSPS) is 18.0. The molecule has 1 heterocycles. The summed E-state index contributed by atoms with van der Waals surface area (Å²) in [6.45, 7) is 3.55. The highest BCUT2D eigenvalue weighted by molar-refractivity contribution is 9.11. The van der Waals surface area contributed by atoms with Crippen molar-refractivity contribution in [2.24, 2.45) is 0 Å². The van der Waals surface area contributed by atoms with Gasteiger partial charge in [0.1, 0.15) is 0 Å². The molecular weight excluding hydrogens is 318 g/mol. The van der Waals surface area contributed by atoms with Crippen LogP contribution in [0.25, 0.3) is 0 Å². The van der Waals surface area contributed by atoms with E-state index < -0.39 is 0 Å². The number of piperidine rings is 1. The zero-order chi connectivity index (χ0) is 10.7. The fourth-order valence-corrected chi connectivity index (χ4v) is 3.27. The first-order chi connectivity index (χ1) is 7.27. The average Bonchev–Trinajstić information content (AvgIpc) is 2.25. The van der Waals surface area contributed by atoms with Crippen LogP contribution in [0.1, 0.15) is 24.8 Å². The molecule has 82 valence electrons. The summed E-state index contributed by atoms with van der Waals surface area (Å²) < 4.78 is 2.42. The monoisotopic (exact) mass is 331 g/mol. The van der Waals surface area contributed by atoms with Crippen LogP contribution in [-0.2, 0) is 6.54 Å². The van der Waals surface area contributed by atoms with Crippen molar-refractivity contribution in [1.29, 1.82) is 0 Å². The van der Waals surface area contributed by atoms with Crippen LogP contribution in [0.15, 0.2) is 27.1 Å². The van der Waals surface area contributed by atoms with E-state index in [1.54, 1.807) is 0 Å². The first kappa shape index (κ1) is 11.6. The molecule has 15 heavy (non-hydrogen) atoms. The largest absolute Gasteiger partial charge is 0.299 e. The van der Waals surface area contributed by atoms with E-state index in [2.05, 4.69) is 55.0 Å². The third-order valence-electron chi connectivity index (χ3n) is 2.89. The van der Waals surface area contributed by atoms with Gasteiger partial charge in [-0.1, -0.05) is 44.3 Å². The molecule has 1 nitrogen and oxygen atoms in total. The molecule has 3 heteroatoms. The smallest absolute Gasteiger partial charge is 0.0256 e. The molecule has 0 spiro atoms. The van der Waals surface area contributed by atoms with E-state index in [1.807, 2.05) is 0 Å². The third-order valence-corrected chi connectivity index (χ3v) is 4.38. The Balaban J connectivity index is 2.09. The molecule has 0 unspecified atom stereocenters. The minimum atomic E-state index is 1.06. The van der Waals surface area contributed by atoms with Crippen molar-refractivity contribution in [3.63, 3.8) is 0 Å². The zero-order valence-corrected chi connectivity index (χ0v) is 11.8. The molecule has 0 radical (unpaired) electrons. The molecule has 1 aromatic rings. The molecule has 1 fully saturated rings. The van der Waals surface area contributed by atoms with Gasteiger partial charge in [-0.25, -0.2) is 0 Å². The van der Waals surface area contributed by atoms with Gasteiger partial charge in [0, 0.05) is 15.5 Å². The van der Waals surface area contributed by atoms with E-state index in [0.717, 1.165) is 6.54 Å². The molecule has 0 bridgehead atoms. The fourth-order valence-electron chi connectivity index (χ4n) is 2.02. The minimum absolute atomic E-state index is 1.06. The van der Waals surface area contributed by atoms with Gasteiger partial charge in [-0.15, -0.1) is 0 Å². The molecule has 1 aliphatic rings. The lowest BCUT2D eigenvalue weighted by molar-refractivity contribution is 0.220. The summed E-state index contributed by atoms with van der Waals surface area (Å²) in [7, 11) is 0. The summed E-state index contributed by atoms with van der Waals surface area (Å²) in [6.07, 6.45) is 4.10. The number of hydrogen-bond donors (Lipinski definition) is 0. The van der Waals surface area contributed by atoms with Gasteiger partial charge < -0.3 is 0 Å². The molecule has 0 aromatic heterocycles. The number of halogens is 2. The van der Waals surface area contributed by atoms with Gasteiger partial charge in [-0.3, -0.25) is 4.90 Å². The van der Waals surface area contributed by atoms with E-state index in [0.29, 0.717) is 0 Å². The Bertz CT molecular complexity index is 312. The number of benzene rings is 1. The highest BCUT2D eigenvalue weighted by atomic mass is 79.9. The Hall–Kier alpha value is 0.140. The molecule has 2 rings (SSSR count). The summed E-state index contributed by atoms with van der Waals surface area (Å²) in [4.78, 5) is 2.54. The zero-order valence-electron chi connectivity index (χ0n) is 8.68. The predicted molar refractivity (Wildman–Crippen MR) is 71.0 cm³/mol. The van der Waals surface area contributed by atoms with Crippen LogP contribution in [0.3, 0.4) is 0 Å². The van der Waals surface area contributed by atoms with Crippen molar-refractivity contribution in [3.05, 3.63) is 32.7 Å². The maximum absolute atomic E-state index is 3.62. The number of likely N-dealkylation sites (tertiary alicyclic amines) is 1. The summed E-state index contributed by atoms with van der Waals surface area (Å²) >= 11 is 7.23. The molecule has 1 aromatic carbocycles. The highest BCUT2D eigenvalue weighted by Crippen LogP contribution is 2.27. The van der Waals surface area contributed by atoms with Crippen molar-refractivity contribution >= 4 is 31.9 Å². The van der Waals surface area contributed by atoms with E-state index in [1.165, 1.54) is 46.9 Å². The molecule has 0 atom stereocenters. The SMILES string of the molecule is Brc1cccc(Br)c1CN1CCCCC1. The van der Waals surface area contributed by atoms with Crippen LogP contribution in [0.2, 0.25) is 0 Å². The van der Waals surface area contributed by atoms with E-state index in [9.17, 15) is 0 Å². The number of nitrogens with zero attached hydrogens (tertiary/aromatic N) is 1. The second-order valence-corrected chi connectivity index (χ2v) is 5.75. The third kappa shape index (κ3) is 3.05. The van der Waals surface area contributed by atoms with Gasteiger partial charge in [0.15, 0.2) is 0 Å². The molecule has 0 saturated carbocycles. The predicted octanol–water partition coefficient (Wildman–Crippen LogP) is 4.20. The Morgan fingerprint density at radius 3 is 2.20 bits per heavy atom. The molecule has 0 N–H and O–H groups in total. The van der Waals surface area contributed by atoms with Gasteiger partial charge in [0.05, 0.1) is 0 Å². The van der Waals surface area contributed by atoms with Crippen LogP contribution in [0.4, 0.5) is 0 Å². The van der Waals surface area contributed by atoms with Crippen molar-refractivity contribution < 1.29 is 0 Å². The fraction of sp³-hybridized carbons (Fsp3) is 0.500. The van der Waals surface area contributed by atoms with Crippen molar-refractivity contribution in [2.75, 3.05) is 13.1 Å². The Labute approximate surface area is 108 Å². The van der Waals surface area contributed by atoms with Crippen molar-refractivity contribution in [3.8, 4) is 0 Å². The van der Waals surface area contributed by atoms with Crippen LogP contribution < -0.4 is 0 Å². The number of rotatable bonds is 2. The minimum Gasteiger partial charge on any atom is -0.299 e. The molecule has 0 aliphatic carbocycles. The Morgan fingerprint density at radius 1 is 1.00 bits per heavy atom. The van der Waals surface area contributed by atoms with Gasteiger partial charge in [0.2, 0.25) is 0 Å². The maximum Gasteiger partial charge on any atom is 0.0256 e. The summed E-state index contributed by atoms with van der Waals surface area (Å²) in [5.74, 6) is 0. The van der Waals surface area contributed by atoms with Gasteiger partial charge in [-0.2, -0.15) is 0 Å². The van der Waals surface area contributed by atoms with Crippen LogP contribution in [-0.4, -0.2) is 18.0 Å². The van der Waals surface area contributed by atoms with Crippen molar-refractivity contribution in [2.45, 2.75) is 25.8 Å². The summed E-state index contributed by atoms with van der Waals surface area (Å²) in [5, 5.41) is 0. The van der Waals surface area contributed by atoms with Gasteiger partial charge in [-0.05, 0) is 43.6 Å². The van der Waals surface area contributed by atoms with E-state index in [4.69, 9.17) is 0 Å². The van der Waals surface area contributed by atoms with Crippen molar-refractivity contribution in [1.82, 2.24) is 4.90 Å². The average molecular weight is 333 g/mol. The van der Waals surface area contributed by atoms with E-state index >= 15 is 0 Å². The van der Waals surface area contributed by atoms with Gasteiger partial charge >= 0.3 is 0 Å². The van der Waals surface area contributed by atoms with Crippen LogP contribution >= 0.6 is 31.9 Å². The molecular formula is C12H15Br2N. The summed E-state index contributed by atoms with van der Waals surface area (Å²) in [6, 6.07) is 6.29. The first-order valence-corrected chi connectivity index (χ1v) is 7.01. The first-order valence-electron chi connectivity index (χ1n) is 5.42.